The van der Waals surface area contributed by atoms with Crippen molar-refractivity contribution in [2.24, 2.45) is 0 Å². The zero-order chi connectivity index (χ0) is 25.4. The van der Waals surface area contributed by atoms with Gasteiger partial charge in [0.2, 0.25) is 5.91 Å². The molecule has 0 bridgehead atoms. The minimum absolute atomic E-state index is 0.000290. The Balaban J connectivity index is 1.28. The van der Waals surface area contributed by atoms with Crippen molar-refractivity contribution in [2.45, 2.75) is 24.8 Å². The Kier molecular flexibility index (Phi) is 5.77. The van der Waals surface area contributed by atoms with Crippen molar-refractivity contribution in [3.63, 3.8) is 0 Å². The maximum Gasteiger partial charge on any atom is 0.305 e. The fourth-order valence-corrected chi connectivity index (χ4v) is 5.45. The Hall–Kier alpha value is -4.71. The van der Waals surface area contributed by atoms with Crippen LogP contribution in [0.4, 0.5) is 5.69 Å². The van der Waals surface area contributed by atoms with Crippen molar-refractivity contribution in [2.75, 3.05) is 5.32 Å². The third-order valence-corrected chi connectivity index (χ3v) is 7.10. The molecule has 0 spiro atoms. The number of nitrogens with one attached hydrogen (secondary N) is 1. The van der Waals surface area contributed by atoms with Crippen LogP contribution in [0.3, 0.4) is 0 Å². The van der Waals surface area contributed by atoms with Crippen molar-refractivity contribution in [1.29, 1.82) is 0 Å². The van der Waals surface area contributed by atoms with Gasteiger partial charge in [-0.1, -0.05) is 78.9 Å². The lowest BCUT2D eigenvalue weighted by Gasteiger charge is -2.19. The number of nitrogens with zero attached hydrogens (tertiary/aromatic N) is 2. The van der Waals surface area contributed by atoms with E-state index in [1.54, 1.807) is 6.33 Å². The molecule has 0 aliphatic heterocycles. The largest absolute Gasteiger partial charge is 0.481 e. The predicted molar refractivity (Wildman–Crippen MR) is 144 cm³/mol. The van der Waals surface area contributed by atoms with E-state index in [1.807, 2.05) is 77.4 Å². The molecule has 1 aliphatic carbocycles. The number of carbonyl (C=O) groups is 2. The van der Waals surface area contributed by atoms with Crippen LogP contribution in [0.5, 0.6) is 0 Å². The number of anilines is 1. The summed E-state index contributed by atoms with van der Waals surface area (Å²) in [7, 11) is 0. The van der Waals surface area contributed by atoms with Crippen LogP contribution in [0.25, 0.3) is 22.2 Å². The van der Waals surface area contributed by atoms with Gasteiger partial charge in [0.15, 0.2) is 0 Å². The number of benzene rings is 4. The highest BCUT2D eigenvalue weighted by molar-refractivity contribution is 5.95. The fourth-order valence-electron chi connectivity index (χ4n) is 5.45. The number of aliphatic carboxylic acids is 1. The molecule has 6 rings (SSSR count). The van der Waals surface area contributed by atoms with Gasteiger partial charge in [-0.2, -0.15) is 0 Å². The Morgan fingerprint density at radius 3 is 2.19 bits per heavy atom. The number of amides is 1. The number of imidazole rings is 1. The summed E-state index contributed by atoms with van der Waals surface area (Å²) in [6.07, 6.45) is 1.92. The summed E-state index contributed by atoms with van der Waals surface area (Å²) >= 11 is 0. The monoisotopic (exact) mass is 487 g/mol. The highest BCUT2D eigenvalue weighted by Crippen LogP contribution is 2.46. The van der Waals surface area contributed by atoms with Gasteiger partial charge in [-0.15, -0.1) is 0 Å². The number of hydrogen-bond acceptors (Lipinski definition) is 3. The molecule has 6 nitrogen and oxygen atoms in total. The van der Waals surface area contributed by atoms with Crippen molar-refractivity contribution >= 4 is 28.6 Å². The van der Waals surface area contributed by atoms with Crippen LogP contribution in [0.2, 0.25) is 0 Å². The molecule has 182 valence electrons. The lowest BCUT2D eigenvalue weighted by atomic mass is 9.93. The van der Waals surface area contributed by atoms with Crippen molar-refractivity contribution in [3.05, 3.63) is 120 Å². The molecule has 0 radical (unpaired) electrons. The molecule has 0 saturated carbocycles. The van der Waals surface area contributed by atoms with Crippen LogP contribution in [0.1, 0.15) is 41.5 Å². The van der Waals surface area contributed by atoms with Gasteiger partial charge in [0.1, 0.15) is 0 Å². The molecule has 1 heterocycles. The Morgan fingerprint density at radius 1 is 0.865 bits per heavy atom. The molecule has 1 unspecified atom stereocenters. The van der Waals surface area contributed by atoms with E-state index in [0.717, 1.165) is 16.6 Å². The Morgan fingerprint density at radius 2 is 1.51 bits per heavy atom. The third kappa shape index (κ3) is 4.27. The zero-order valence-electron chi connectivity index (χ0n) is 20.0. The lowest BCUT2D eigenvalue weighted by molar-refractivity contribution is -0.137. The summed E-state index contributed by atoms with van der Waals surface area (Å²) in [5.74, 6) is -0.968. The molecule has 1 aromatic heterocycles. The maximum atomic E-state index is 13.2. The SMILES string of the molecule is O=C(O)CC(c1ccccc1)n1cnc2ccc(NC(=O)CC3c4ccccc4-c4ccccc43)cc21. The zero-order valence-corrected chi connectivity index (χ0v) is 20.0. The molecular formula is C31H25N3O3. The van der Waals surface area contributed by atoms with Gasteiger partial charge in [-0.05, 0) is 46.0 Å². The van der Waals surface area contributed by atoms with Crippen molar-refractivity contribution < 1.29 is 14.7 Å². The van der Waals surface area contributed by atoms with Crippen LogP contribution < -0.4 is 5.32 Å². The summed E-state index contributed by atoms with van der Waals surface area (Å²) in [6, 6.07) is 31.2. The molecule has 1 aliphatic rings. The average molecular weight is 488 g/mol. The van der Waals surface area contributed by atoms with Gasteiger partial charge in [0.05, 0.1) is 29.8 Å². The molecule has 6 heteroatoms. The quantitative estimate of drug-likeness (QED) is 0.285. The second-order valence-corrected chi connectivity index (χ2v) is 9.36. The summed E-state index contributed by atoms with van der Waals surface area (Å²) in [5, 5.41) is 12.6. The second-order valence-electron chi connectivity index (χ2n) is 9.36. The van der Waals surface area contributed by atoms with E-state index in [-0.39, 0.29) is 18.2 Å². The van der Waals surface area contributed by atoms with Crippen LogP contribution in [-0.4, -0.2) is 26.5 Å². The standard InChI is InChI=1S/C31H25N3O3/c35-30(17-26-24-12-6-4-10-22(24)23-11-5-7-13-25(23)26)33-21-14-15-27-29(16-21)34(19-32-27)28(18-31(36)37)20-8-2-1-3-9-20/h1-16,19,26,28H,17-18H2,(H,33,35)(H,36,37). The summed E-state index contributed by atoms with van der Waals surface area (Å²) in [5.41, 5.74) is 7.77. The van der Waals surface area contributed by atoms with Crippen LogP contribution in [0.15, 0.2) is 103 Å². The molecule has 1 amide bonds. The van der Waals surface area contributed by atoms with Crippen LogP contribution >= 0.6 is 0 Å². The summed E-state index contributed by atoms with van der Waals surface area (Å²) in [4.78, 5) is 29.4. The molecule has 1 atom stereocenters. The average Bonchev–Trinajstić information content (AvgIpc) is 3.47. The fraction of sp³-hybridized carbons (Fsp3) is 0.129. The van der Waals surface area contributed by atoms with E-state index in [0.29, 0.717) is 12.1 Å². The van der Waals surface area contributed by atoms with Crippen molar-refractivity contribution in [1.82, 2.24) is 9.55 Å². The minimum atomic E-state index is -0.891. The Labute approximate surface area is 214 Å². The molecule has 37 heavy (non-hydrogen) atoms. The van der Waals surface area contributed by atoms with E-state index in [1.165, 1.54) is 22.3 Å². The van der Waals surface area contributed by atoms with E-state index in [4.69, 9.17) is 0 Å². The van der Waals surface area contributed by atoms with Gasteiger partial charge in [-0.3, -0.25) is 9.59 Å². The molecule has 0 fully saturated rings. The van der Waals surface area contributed by atoms with Crippen LogP contribution in [-0.2, 0) is 9.59 Å². The molecular weight excluding hydrogens is 462 g/mol. The van der Waals surface area contributed by atoms with E-state index in [2.05, 4.69) is 34.6 Å². The number of aromatic nitrogens is 2. The third-order valence-electron chi connectivity index (χ3n) is 7.10. The second kappa shape index (κ2) is 9.39. The Bertz CT molecular complexity index is 1580. The number of hydrogen-bond donors (Lipinski definition) is 2. The van der Waals surface area contributed by atoms with Gasteiger partial charge < -0.3 is 15.0 Å². The van der Waals surface area contributed by atoms with Gasteiger partial charge in [0.25, 0.3) is 0 Å². The van der Waals surface area contributed by atoms with E-state index in [9.17, 15) is 14.7 Å². The van der Waals surface area contributed by atoms with Crippen molar-refractivity contribution in [3.8, 4) is 11.1 Å². The smallest absolute Gasteiger partial charge is 0.305 e. The molecule has 5 aromatic rings. The van der Waals surface area contributed by atoms with E-state index < -0.39 is 12.0 Å². The molecule has 2 N–H and O–H groups in total. The first-order valence-electron chi connectivity index (χ1n) is 12.3. The molecule has 0 saturated heterocycles. The molecule has 4 aromatic carbocycles. The highest BCUT2D eigenvalue weighted by atomic mass is 16.4. The number of carbonyl (C=O) groups excluding carboxylic acids is 1. The van der Waals surface area contributed by atoms with E-state index >= 15 is 0 Å². The summed E-state index contributed by atoms with van der Waals surface area (Å²) < 4.78 is 1.87. The van der Waals surface area contributed by atoms with Gasteiger partial charge in [0, 0.05) is 18.0 Å². The lowest BCUT2D eigenvalue weighted by Crippen LogP contribution is -2.16. The first-order valence-corrected chi connectivity index (χ1v) is 12.3. The normalized spacial score (nSPS) is 13.2. The number of rotatable bonds is 7. The number of carboxylic acids is 1. The van der Waals surface area contributed by atoms with Gasteiger partial charge >= 0.3 is 5.97 Å². The topological polar surface area (TPSA) is 84.2 Å². The number of fused-ring (bicyclic) bond motifs is 4. The highest BCUT2D eigenvalue weighted by Gasteiger charge is 2.29. The minimum Gasteiger partial charge on any atom is -0.481 e. The first kappa shape index (κ1) is 22.7. The first-order chi connectivity index (χ1) is 18.1. The van der Waals surface area contributed by atoms with Gasteiger partial charge in [-0.25, -0.2) is 4.98 Å². The van der Waals surface area contributed by atoms with Crippen LogP contribution in [0, 0.1) is 0 Å². The summed E-state index contributed by atoms with van der Waals surface area (Å²) in [6.45, 7) is 0. The maximum absolute atomic E-state index is 13.2. The predicted octanol–water partition coefficient (Wildman–Crippen LogP) is 6.24. The number of carboxylic acid groups (broad SMARTS) is 1.